The van der Waals surface area contributed by atoms with Crippen molar-refractivity contribution in [1.29, 1.82) is 0 Å². The Hall–Kier alpha value is -1.09. The number of ketones is 2. The number of thiazole rings is 1. The Morgan fingerprint density at radius 3 is 2.32 bits per heavy atom. The van der Waals surface area contributed by atoms with Gasteiger partial charge in [-0.15, -0.1) is 11.3 Å². The Labute approximate surface area is 246 Å². The van der Waals surface area contributed by atoms with Crippen molar-refractivity contribution in [2.75, 3.05) is 21.3 Å². The van der Waals surface area contributed by atoms with Crippen molar-refractivity contribution in [3.05, 3.63) is 58.3 Å². The minimum Gasteiger partial charge on any atom is -0.857 e. The number of fused-ring (bicyclic) bond motifs is 1. The number of hydrogen-bond donors (Lipinski definition) is 3. The molecule has 1 aliphatic rings. The quantitative estimate of drug-likeness (QED) is 0.127. The standard InChI is InChI=1S/C16H17N5O2S.C3H4O.2CH3O.2Na/c1-23-9-21-7-11(10-4-2-3-5-14(10)21)15(22)16-19-13(8-24-16)12(6-17)20-18;4-3-1-2-3;2*1-2;;/h2-8,20H,9,17-18H2,1H3;1-2H2;2*1H3;;/q;;2*-1;2*+1/b12-6-;;;;;. The molecule has 1 fully saturated rings. The summed E-state index contributed by atoms with van der Waals surface area (Å²) in [5.41, 5.74) is 10.5. The molecule has 0 aliphatic heterocycles. The molecule has 10 nitrogen and oxygen atoms in total. The summed E-state index contributed by atoms with van der Waals surface area (Å²) < 4.78 is 7.09. The van der Waals surface area contributed by atoms with Crippen molar-refractivity contribution in [3.8, 4) is 0 Å². The summed E-state index contributed by atoms with van der Waals surface area (Å²) >= 11 is 1.25. The predicted octanol–water partition coefficient (Wildman–Crippen LogP) is -6.04. The minimum absolute atomic E-state index is 0. The summed E-state index contributed by atoms with van der Waals surface area (Å²) in [5, 5.41) is 19.5. The van der Waals surface area contributed by atoms with Crippen LogP contribution in [0.15, 0.2) is 42.0 Å². The number of methoxy groups -OCH3 is 1. The number of carbonyl (C=O) groups excluding carboxylic acids is 2. The first-order valence-corrected chi connectivity index (χ1v) is 10.3. The Balaban J connectivity index is 0. The monoisotopic (exact) mass is 507 g/mol. The summed E-state index contributed by atoms with van der Waals surface area (Å²) in [6.07, 6.45) is 4.80. The number of carbonyl (C=O) groups is 2. The van der Waals surface area contributed by atoms with Crippen molar-refractivity contribution >= 4 is 39.5 Å². The number of rotatable bonds is 6. The molecule has 1 aliphatic carbocycles. The van der Waals surface area contributed by atoms with Crippen molar-refractivity contribution in [1.82, 2.24) is 15.0 Å². The number of hydrazine groups is 1. The summed E-state index contributed by atoms with van der Waals surface area (Å²) in [7, 11) is 3.11. The van der Waals surface area contributed by atoms with Gasteiger partial charge in [0.1, 0.15) is 18.2 Å². The van der Waals surface area contributed by atoms with Gasteiger partial charge in [-0.2, -0.15) is 14.2 Å². The van der Waals surface area contributed by atoms with Crippen LogP contribution in [-0.2, 0) is 16.3 Å². The van der Waals surface area contributed by atoms with Crippen LogP contribution in [0.2, 0.25) is 0 Å². The van der Waals surface area contributed by atoms with Gasteiger partial charge in [0.15, 0.2) is 5.01 Å². The van der Waals surface area contributed by atoms with Gasteiger partial charge in [0, 0.05) is 43.1 Å². The molecule has 1 aromatic carbocycles. The summed E-state index contributed by atoms with van der Waals surface area (Å²) in [6.45, 7) is 0.369. The van der Waals surface area contributed by atoms with Gasteiger partial charge >= 0.3 is 59.1 Å². The van der Waals surface area contributed by atoms with Crippen LogP contribution in [0.5, 0.6) is 0 Å². The Morgan fingerprint density at radius 2 is 1.82 bits per heavy atom. The molecule has 3 aromatic rings. The van der Waals surface area contributed by atoms with Crippen LogP contribution < -0.4 is 86.3 Å². The zero-order valence-corrected chi connectivity index (χ0v) is 25.0. The van der Waals surface area contributed by atoms with E-state index in [9.17, 15) is 9.59 Å². The molecule has 13 heteroatoms. The third-order valence-corrected chi connectivity index (χ3v) is 4.89. The third-order valence-electron chi connectivity index (χ3n) is 4.05. The van der Waals surface area contributed by atoms with Gasteiger partial charge in [0.2, 0.25) is 5.78 Å². The fourth-order valence-corrected chi connectivity index (χ4v) is 3.32. The molecular weight excluding hydrogens is 480 g/mol. The zero-order valence-electron chi connectivity index (χ0n) is 20.2. The number of para-hydroxylation sites is 1. The van der Waals surface area contributed by atoms with Crippen molar-refractivity contribution in [3.63, 3.8) is 0 Å². The fourth-order valence-electron chi connectivity index (χ4n) is 2.55. The number of benzene rings is 1. The Kier molecular flexibility index (Phi) is 19.7. The molecule has 34 heavy (non-hydrogen) atoms. The predicted molar refractivity (Wildman–Crippen MR) is 120 cm³/mol. The molecule has 0 saturated heterocycles. The van der Waals surface area contributed by atoms with E-state index in [2.05, 4.69) is 10.4 Å². The van der Waals surface area contributed by atoms with E-state index in [1.165, 1.54) is 17.5 Å². The van der Waals surface area contributed by atoms with Gasteiger partial charge in [-0.05, 0) is 6.07 Å². The maximum Gasteiger partial charge on any atom is 1.00 e. The van der Waals surface area contributed by atoms with E-state index in [1.54, 1.807) is 18.7 Å². The SMILES string of the molecule is COCn1cc(C(=O)c2nc(/C(=C/N)NN)cs2)c2ccccc21.C[O-].C[O-].O=C1CC1.[Na+].[Na+]. The van der Waals surface area contributed by atoms with Crippen LogP contribution in [0.3, 0.4) is 0 Å². The molecular formula is C21H27N5Na2O5S. The van der Waals surface area contributed by atoms with Crippen LogP contribution in [0, 0.1) is 0 Å². The van der Waals surface area contributed by atoms with Gasteiger partial charge in [-0.25, -0.2) is 4.98 Å². The summed E-state index contributed by atoms with van der Waals surface area (Å²) in [6, 6.07) is 7.69. The molecule has 0 bridgehead atoms. The van der Waals surface area contributed by atoms with Gasteiger partial charge < -0.3 is 30.7 Å². The van der Waals surface area contributed by atoms with Crippen molar-refractivity contribution < 1.29 is 83.7 Å². The molecule has 0 radical (unpaired) electrons. The normalized spacial score (nSPS) is 11.2. The van der Waals surface area contributed by atoms with Gasteiger partial charge in [0.05, 0.1) is 16.8 Å². The third kappa shape index (κ3) is 9.88. The average molecular weight is 508 g/mol. The Bertz CT molecular complexity index is 1050. The number of nitrogens with one attached hydrogen (secondary N) is 1. The maximum absolute atomic E-state index is 12.9. The van der Waals surface area contributed by atoms with Crippen LogP contribution >= 0.6 is 11.3 Å². The van der Waals surface area contributed by atoms with Crippen molar-refractivity contribution in [2.45, 2.75) is 19.6 Å². The Morgan fingerprint density at radius 1 is 1.24 bits per heavy atom. The maximum atomic E-state index is 12.9. The van der Waals surface area contributed by atoms with Crippen LogP contribution in [0.1, 0.15) is 33.9 Å². The topological polar surface area (TPSA) is 171 Å². The fraction of sp³-hybridized carbons (Fsp3) is 0.286. The average Bonchev–Trinajstić information content (AvgIpc) is 3.33. The molecule has 174 valence electrons. The second-order valence-corrected chi connectivity index (χ2v) is 6.94. The number of Topliss-reactive ketones (excluding diaryl/α,β-unsaturated/α-hetero) is 1. The largest absolute Gasteiger partial charge is 1.00 e. The molecule has 0 atom stereocenters. The summed E-state index contributed by atoms with van der Waals surface area (Å²) in [4.78, 5) is 26.8. The minimum atomic E-state index is -0.148. The first-order chi connectivity index (χ1) is 15.6. The van der Waals surface area contributed by atoms with Crippen LogP contribution in [0.25, 0.3) is 16.6 Å². The molecule has 5 N–H and O–H groups in total. The zero-order chi connectivity index (χ0) is 24.1. The van der Waals surface area contributed by atoms with E-state index in [1.807, 2.05) is 28.8 Å². The number of hydrogen-bond acceptors (Lipinski definition) is 10. The van der Waals surface area contributed by atoms with Crippen LogP contribution in [-0.4, -0.2) is 42.4 Å². The second-order valence-electron chi connectivity index (χ2n) is 6.08. The molecule has 2 aromatic heterocycles. The molecule has 2 heterocycles. The van der Waals surface area contributed by atoms with Crippen molar-refractivity contribution in [2.24, 2.45) is 11.6 Å². The number of nitrogens with zero attached hydrogens (tertiary/aromatic N) is 2. The van der Waals surface area contributed by atoms with Gasteiger partial charge in [0.25, 0.3) is 0 Å². The van der Waals surface area contributed by atoms with E-state index < -0.39 is 0 Å². The van der Waals surface area contributed by atoms with Crippen LogP contribution in [0.4, 0.5) is 0 Å². The first kappa shape index (κ1) is 35.1. The number of nitrogens with two attached hydrogens (primary N) is 2. The molecule has 0 spiro atoms. The molecule has 0 amide bonds. The smallest absolute Gasteiger partial charge is 0.857 e. The van der Waals surface area contributed by atoms with E-state index in [4.69, 9.17) is 26.5 Å². The van der Waals surface area contributed by atoms with E-state index in [0.717, 1.165) is 38.0 Å². The first-order valence-electron chi connectivity index (χ1n) is 9.38. The van der Waals surface area contributed by atoms with Gasteiger partial charge in [-0.1, -0.05) is 18.2 Å². The molecule has 1 saturated carbocycles. The van der Waals surface area contributed by atoms with E-state index in [-0.39, 0.29) is 64.9 Å². The van der Waals surface area contributed by atoms with Gasteiger partial charge in [-0.3, -0.25) is 15.4 Å². The molecule has 0 unspecified atom stereocenters. The number of ether oxygens (including phenoxy) is 1. The van der Waals surface area contributed by atoms with E-state index >= 15 is 0 Å². The number of aromatic nitrogens is 2. The molecule has 4 rings (SSSR count). The second kappa shape index (κ2) is 19.1. The summed E-state index contributed by atoms with van der Waals surface area (Å²) in [5.74, 6) is 5.66. The van der Waals surface area contributed by atoms with E-state index in [0.29, 0.717) is 34.5 Å².